The Bertz CT molecular complexity index is 624. The summed E-state index contributed by atoms with van der Waals surface area (Å²) < 4.78 is 18.3. The van der Waals surface area contributed by atoms with Crippen molar-refractivity contribution in [1.82, 2.24) is 0 Å². The van der Waals surface area contributed by atoms with Crippen LogP contribution in [0.4, 0.5) is 4.39 Å². The Kier molecular flexibility index (Phi) is 4.31. The molecule has 0 heterocycles. The molecule has 0 radical (unpaired) electrons. The van der Waals surface area contributed by atoms with Crippen LogP contribution in [-0.2, 0) is 10.2 Å². The predicted octanol–water partition coefficient (Wildman–Crippen LogP) is 4.68. The second kappa shape index (κ2) is 5.84. The molecule has 3 heteroatoms. The van der Waals surface area contributed by atoms with Crippen molar-refractivity contribution in [2.45, 2.75) is 39.5 Å². The van der Waals surface area contributed by atoms with E-state index in [1.165, 1.54) is 5.56 Å². The zero-order valence-corrected chi connectivity index (χ0v) is 13.0. The van der Waals surface area contributed by atoms with E-state index in [1.54, 1.807) is 6.92 Å². The van der Waals surface area contributed by atoms with Gasteiger partial charge in [-0.2, -0.15) is 4.39 Å². The second-order valence-electron chi connectivity index (χ2n) is 5.99. The van der Waals surface area contributed by atoms with Crippen molar-refractivity contribution in [3.05, 3.63) is 41.0 Å². The highest BCUT2D eigenvalue weighted by Gasteiger charge is 2.26. The molecule has 21 heavy (non-hydrogen) atoms. The van der Waals surface area contributed by atoms with Crippen molar-refractivity contribution >= 4 is 17.7 Å². The van der Waals surface area contributed by atoms with Gasteiger partial charge >= 0.3 is 6.04 Å². The highest BCUT2D eigenvalue weighted by atomic mass is 19.1. The molecule has 0 spiro atoms. The van der Waals surface area contributed by atoms with Crippen LogP contribution in [-0.4, -0.2) is 12.6 Å². The van der Waals surface area contributed by atoms with E-state index in [-0.39, 0.29) is 5.41 Å². The molecule has 0 bridgehead atoms. The average Bonchev–Trinajstić information content (AvgIpc) is 2.38. The third-order valence-electron chi connectivity index (χ3n) is 3.86. The second-order valence-corrected chi connectivity index (χ2v) is 5.99. The minimum Gasteiger partial charge on any atom is -0.493 e. The summed E-state index contributed by atoms with van der Waals surface area (Å²) in [6.45, 7) is 8.54. The minimum atomic E-state index is -1.44. The summed E-state index contributed by atoms with van der Waals surface area (Å²) in [5, 5.41) is 0. The van der Waals surface area contributed by atoms with E-state index in [0.29, 0.717) is 17.9 Å². The number of carbonyl (C=O) groups is 1. The molecule has 0 atom stereocenters. The van der Waals surface area contributed by atoms with E-state index in [0.717, 1.165) is 23.6 Å². The van der Waals surface area contributed by atoms with Crippen LogP contribution in [0.2, 0.25) is 0 Å². The SMILES string of the molecule is CCOc1cc2c(cc1C(C)=CC(=O)F)C=CCC2(C)C. The Morgan fingerprint density at radius 1 is 1.43 bits per heavy atom. The van der Waals surface area contributed by atoms with Crippen LogP contribution in [0, 0.1) is 0 Å². The maximum absolute atomic E-state index is 12.6. The standard InChI is InChI=1S/C18H21FO2/c1-5-21-16-11-15-13(7-6-8-18(15,3)4)10-14(16)12(2)9-17(19)20/h6-7,9-11H,5,8H2,1-4H3. The first kappa shape index (κ1) is 15.5. The molecule has 0 N–H and O–H groups in total. The van der Waals surface area contributed by atoms with Gasteiger partial charge < -0.3 is 4.74 Å². The van der Waals surface area contributed by atoms with Gasteiger partial charge in [0.05, 0.1) is 6.61 Å². The van der Waals surface area contributed by atoms with E-state index < -0.39 is 6.04 Å². The van der Waals surface area contributed by atoms with Crippen molar-refractivity contribution in [2.24, 2.45) is 0 Å². The first-order valence-electron chi connectivity index (χ1n) is 7.21. The maximum atomic E-state index is 12.6. The first-order chi connectivity index (χ1) is 9.85. The van der Waals surface area contributed by atoms with Crippen molar-refractivity contribution in [3.63, 3.8) is 0 Å². The number of allylic oxidation sites excluding steroid dienone is 3. The van der Waals surface area contributed by atoms with Gasteiger partial charge in [0.1, 0.15) is 5.75 Å². The summed E-state index contributed by atoms with van der Waals surface area (Å²) >= 11 is 0. The monoisotopic (exact) mass is 288 g/mol. The number of halogens is 1. The van der Waals surface area contributed by atoms with Gasteiger partial charge in [0.2, 0.25) is 0 Å². The Labute approximate surface area is 125 Å². The van der Waals surface area contributed by atoms with Gasteiger partial charge in [-0.25, -0.2) is 0 Å². The normalized spacial score (nSPS) is 16.5. The Balaban J connectivity index is 2.62. The van der Waals surface area contributed by atoms with Crippen LogP contribution in [0.5, 0.6) is 5.75 Å². The lowest BCUT2D eigenvalue weighted by Crippen LogP contribution is -2.20. The van der Waals surface area contributed by atoms with Crippen LogP contribution in [0.25, 0.3) is 11.6 Å². The first-order valence-corrected chi connectivity index (χ1v) is 7.21. The highest BCUT2D eigenvalue weighted by molar-refractivity contribution is 5.91. The molecule has 0 saturated heterocycles. The molecular formula is C18H21FO2. The van der Waals surface area contributed by atoms with Crippen molar-refractivity contribution in [3.8, 4) is 5.75 Å². The molecule has 2 rings (SSSR count). The molecule has 1 aromatic rings. The Morgan fingerprint density at radius 3 is 2.76 bits per heavy atom. The van der Waals surface area contributed by atoms with Gasteiger partial charge in [-0.3, -0.25) is 4.79 Å². The lowest BCUT2D eigenvalue weighted by Gasteiger charge is -2.30. The fraction of sp³-hybridized carbons (Fsp3) is 0.389. The minimum absolute atomic E-state index is 0.0436. The molecule has 112 valence electrons. The zero-order valence-electron chi connectivity index (χ0n) is 13.0. The number of ether oxygens (including phenoxy) is 1. The van der Waals surface area contributed by atoms with Gasteiger partial charge in [-0.05, 0) is 54.5 Å². The largest absolute Gasteiger partial charge is 0.493 e. The lowest BCUT2D eigenvalue weighted by molar-refractivity contribution is -0.124. The van der Waals surface area contributed by atoms with Crippen LogP contribution in [0.15, 0.2) is 24.3 Å². The summed E-state index contributed by atoms with van der Waals surface area (Å²) in [5.41, 5.74) is 3.71. The number of benzene rings is 1. The molecule has 0 saturated carbocycles. The van der Waals surface area contributed by atoms with Crippen LogP contribution in [0.1, 0.15) is 50.8 Å². The van der Waals surface area contributed by atoms with Crippen molar-refractivity contribution < 1.29 is 13.9 Å². The molecule has 1 aromatic carbocycles. The molecule has 0 unspecified atom stereocenters. The summed E-state index contributed by atoms with van der Waals surface area (Å²) in [4.78, 5) is 10.7. The average molecular weight is 288 g/mol. The smallest absolute Gasteiger partial charge is 0.325 e. The van der Waals surface area contributed by atoms with Gasteiger partial charge in [-0.1, -0.05) is 26.0 Å². The van der Waals surface area contributed by atoms with Gasteiger partial charge in [0.25, 0.3) is 0 Å². The van der Waals surface area contributed by atoms with Gasteiger partial charge in [0.15, 0.2) is 0 Å². The molecule has 0 aliphatic heterocycles. The molecule has 1 aliphatic rings. The Morgan fingerprint density at radius 2 is 2.14 bits per heavy atom. The lowest BCUT2D eigenvalue weighted by atomic mass is 9.75. The van der Waals surface area contributed by atoms with E-state index >= 15 is 0 Å². The third kappa shape index (κ3) is 3.23. The fourth-order valence-electron chi connectivity index (χ4n) is 2.74. The zero-order chi connectivity index (χ0) is 15.6. The van der Waals surface area contributed by atoms with E-state index in [1.807, 2.05) is 19.1 Å². The molecule has 0 aromatic heterocycles. The van der Waals surface area contributed by atoms with Crippen molar-refractivity contribution in [2.75, 3.05) is 6.61 Å². The summed E-state index contributed by atoms with van der Waals surface area (Å²) in [5.74, 6) is 0.703. The van der Waals surface area contributed by atoms with Crippen LogP contribution >= 0.6 is 0 Å². The molecule has 1 aliphatic carbocycles. The Hall–Kier alpha value is -1.90. The van der Waals surface area contributed by atoms with E-state index in [4.69, 9.17) is 4.74 Å². The fourth-order valence-corrected chi connectivity index (χ4v) is 2.74. The van der Waals surface area contributed by atoms with Crippen LogP contribution in [0.3, 0.4) is 0 Å². The summed E-state index contributed by atoms with van der Waals surface area (Å²) in [7, 11) is 0. The number of rotatable bonds is 4. The summed E-state index contributed by atoms with van der Waals surface area (Å²) in [6, 6.07) is 2.56. The van der Waals surface area contributed by atoms with E-state index in [9.17, 15) is 9.18 Å². The number of hydrogen-bond donors (Lipinski definition) is 0. The number of hydrogen-bond acceptors (Lipinski definition) is 2. The predicted molar refractivity (Wildman–Crippen MR) is 84.1 cm³/mol. The van der Waals surface area contributed by atoms with Crippen molar-refractivity contribution in [1.29, 1.82) is 0 Å². The highest BCUT2D eigenvalue weighted by Crippen LogP contribution is 2.40. The molecule has 0 fully saturated rings. The number of carbonyl (C=O) groups excluding carboxylic acids is 1. The molecule has 2 nitrogen and oxygen atoms in total. The molecule has 0 amide bonds. The molecular weight excluding hydrogens is 267 g/mol. The quantitative estimate of drug-likeness (QED) is 0.594. The van der Waals surface area contributed by atoms with E-state index in [2.05, 4.69) is 26.0 Å². The third-order valence-corrected chi connectivity index (χ3v) is 3.86. The summed E-state index contributed by atoms with van der Waals surface area (Å²) in [6.07, 6.45) is 6.20. The van der Waals surface area contributed by atoms with Gasteiger partial charge in [-0.15, -0.1) is 0 Å². The number of fused-ring (bicyclic) bond motifs is 1. The maximum Gasteiger partial charge on any atom is 0.325 e. The van der Waals surface area contributed by atoms with Gasteiger partial charge in [0, 0.05) is 11.6 Å². The topological polar surface area (TPSA) is 26.3 Å². The van der Waals surface area contributed by atoms with Crippen LogP contribution < -0.4 is 4.74 Å².